The number of imide groups is 1. The second kappa shape index (κ2) is 5.08. The fourth-order valence-electron chi connectivity index (χ4n) is 2.32. The Bertz CT molecular complexity index is 830. The number of benzene rings is 2. The zero-order valence-electron chi connectivity index (χ0n) is 10.7. The summed E-state index contributed by atoms with van der Waals surface area (Å²) in [6, 6.07) is 8.14. The summed E-state index contributed by atoms with van der Waals surface area (Å²) < 4.78 is 0. The first kappa shape index (κ1) is 14.5. The predicted octanol–water partition coefficient (Wildman–Crippen LogP) is 3.70. The van der Waals surface area contributed by atoms with Crippen molar-refractivity contribution in [2.45, 2.75) is 0 Å². The molecule has 0 N–H and O–H groups in total. The van der Waals surface area contributed by atoms with E-state index in [1.807, 2.05) is 0 Å². The Morgan fingerprint density at radius 1 is 1.00 bits per heavy atom. The quantitative estimate of drug-likeness (QED) is 0.475. The molecule has 1 aliphatic rings. The number of amides is 2. The minimum Gasteiger partial charge on any atom is -0.268 e. The van der Waals surface area contributed by atoms with E-state index >= 15 is 0 Å². The lowest BCUT2D eigenvalue weighted by Gasteiger charge is -2.14. The predicted molar refractivity (Wildman–Crippen MR) is 80.7 cm³/mol. The van der Waals surface area contributed by atoms with Gasteiger partial charge in [-0.25, -0.2) is 4.90 Å². The van der Waals surface area contributed by atoms with Crippen LogP contribution in [-0.4, -0.2) is 16.7 Å². The van der Waals surface area contributed by atoms with Gasteiger partial charge in [-0.15, -0.1) is 0 Å². The van der Waals surface area contributed by atoms with Gasteiger partial charge in [0.05, 0.1) is 16.2 Å². The second-order valence-electron chi connectivity index (χ2n) is 4.53. The molecule has 0 fully saturated rings. The molecule has 0 saturated heterocycles. The van der Waals surface area contributed by atoms with Crippen LogP contribution in [0.1, 0.15) is 20.7 Å². The molecule has 2 amide bonds. The molecule has 0 bridgehead atoms. The molecule has 1 heterocycles. The molecule has 0 saturated carbocycles. The van der Waals surface area contributed by atoms with Crippen LogP contribution in [0.5, 0.6) is 0 Å². The molecule has 2 aromatic rings. The average Bonchev–Trinajstić information content (AvgIpc) is 2.70. The topological polar surface area (TPSA) is 80.5 Å². The number of fused-ring (bicyclic) bond motifs is 1. The number of hydrogen-bond donors (Lipinski definition) is 0. The highest BCUT2D eigenvalue weighted by Crippen LogP contribution is 2.35. The molecule has 1 aliphatic heterocycles. The zero-order valence-corrected chi connectivity index (χ0v) is 12.3. The molecule has 0 atom stereocenters. The molecule has 0 spiro atoms. The summed E-state index contributed by atoms with van der Waals surface area (Å²) in [5.74, 6) is -1.42. The summed E-state index contributed by atoms with van der Waals surface area (Å²) in [5, 5.41) is 11.5. The standard InChI is InChI=1S/C14H6Cl2N2O4/c15-7-4-8(16)6-9(5-7)17-13(19)10-2-1-3-11(18(21)22)12(10)14(17)20/h1-6H. The van der Waals surface area contributed by atoms with Crippen LogP contribution in [0.2, 0.25) is 10.0 Å². The van der Waals surface area contributed by atoms with Gasteiger partial charge in [0.25, 0.3) is 17.5 Å². The zero-order chi connectivity index (χ0) is 16.0. The van der Waals surface area contributed by atoms with E-state index in [-0.39, 0.29) is 26.9 Å². The number of carbonyl (C=O) groups excluding carboxylic acids is 2. The van der Waals surface area contributed by atoms with E-state index in [1.165, 1.54) is 36.4 Å². The Morgan fingerprint density at radius 2 is 1.64 bits per heavy atom. The SMILES string of the molecule is O=C1c2cccc([N+](=O)[O-])c2C(=O)N1c1cc(Cl)cc(Cl)c1. The molecule has 2 aromatic carbocycles. The van der Waals surface area contributed by atoms with Gasteiger partial charge in [-0.05, 0) is 24.3 Å². The third-order valence-corrected chi connectivity index (χ3v) is 3.63. The van der Waals surface area contributed by atoms with Crippen LogP contribution in [0.4, 0.5) is 11.4 Å². The van der Waals surface area contributed by atoms with Gasteiger partial charge >= 0.3 is 0 Å². The molecule has 0 radical (unpaired) electrons. The first-order valence-electron chi connectivity index (χ1n) is 6.02. The monoisotopic (exact) mass is 336 g/mol. The minimum absolute atomic E-state index is 0.0182. The molecule has 22 heavy (non-hydrogen) atoms. The van der Waals surface area contributed by atoms with Crippen LogP contribution in [0.15, 0.2) is 36.4 Å². The maximum absolute atomic E-state index is 12.5. The van der Waals surface area contributed by atoms with E-state index in [4.69, 9.17) is 23.2 Å². The maximum atomic E-state index is 12.5. The molecular formula is C14H6Cl2N2O4. The van der Waals surface area contributed by atoms with E-state index < -0.39 is 22.4 Å². The third-order valence-electron chi connectivity index (χ3n) is 3.20. The maximum Gasteiger partial charge on any atom is 0.283 e. The number of nitrogens with zero attached hydrogens (tertiary/aromatic N) is 2. The van der Waals surface area contributed by atoms with Crippen molar-refractivity contribution in [3.8, 4) is 0 Å². The molecular weight excluding hydrogens is 331 g/mol. The van der Waals surface area contributed by atoms with E-state index in [2.05, 4.69) is 0 Å². The van der Waals surface area contributed by atoms with Gasteiger partial charge in [-0.3, -0.25) is 19.7 Å². The van der Waals surface area contributed by atoms with Crippen LogP contribution < -0.4 is 4.90 Å². The highest BCUT2D eigenvalue weighted by atomic mass is 35.5. The van der Waals surface area contributed by atoms with E-state index in [0.717, 1.165) is 4.90 Å². The van der Waals surface area contributed by atoms with Crippen molar-refractivity contribution >= 4 is 46.4 Å². The largest absolute Gasteiger partial charge is 0.283 e. The van der Waals surface area contributed by atoms with Crippen LogP contribution in [-0.2, 0) is 0 Å². The van der Waals surface area contributed by atoms with Gasteiger partial charge in [0.1, 0.15) is 5.56 Å². The number of hydrogen-bond acceptors (Lipinski definition) is 4. The number of carbonyl (C=O) groups is 2. The van der Waals surface area contributed by atoms with Crippen molar-refractivity contribution in [3.05, 3.63) is 67.7 Å². The minimum atomic E-state index is -0.773. The second-order valence-corrected chi connectivity index (χ2v) is 5.40. The van der Waals surface area contributed by atoms with Crippen molar-refractivity contribution < 1.29 is 14.5 Å². The summed E-state index contributed by atoms with van der Waals surface area (Å²) in [6.45, 7) is 0. The van der Waals surface area contributed by atoms with Gasteiger partial charge in [0.15, 0.2) is 0 Å². The molecule has 3 rings (SSSR count). The number of nitro groups is 1. The molecule has 0 unspecified atom stereocenters. The molecule has 8 heteroatoms. The highest BCUT2D eigenvalue weighted by molar-refractivity contribution is 6.38. The number of rotatable bonds is 2. The van der Waals surface area contributed by atoms with Crippen LogP contribution in [0, 0.1) is 10.1 Å². The van der Waals surface area contributed by atoms with E-state index in [9.17, 15) is 19.7 Å². The Kier molecular flexibility index (Phi) is 3.35. The van der Waals surface area contributed by atoms with Gasteiger partial charge in [-0.1, -0.05) is 29.3 Å². The highest BCUT2D eigenvalue weighted by Gasteiger charge is 2.41. The first-order chi connectivity index (χ1) is 10.4. The summed E-state index contributed by atoms with van der Waals surface area (Å²) in [5.41, 5.74) is -0.492. The Balaban J connectivity index is 2.18. The van der Waals surface area contributed by atoms with Gasteiger partial charge < -0.3 is 0 Å². The van der Waals surface area contributed by atoms with Gasteiger partial charge in [0.2, 0.25) is 0 Å². The molecule has 6 nitrogen and oxygen atoms in total. The van der Waals surface area contributed by atoms with Gasteiger partial charge in [-0.2, -0.15) is 0 Å². The lowest BCUT2D eigenvalue weighted by molar-refractivity contribution is -0.385. The summed E-state index contributed by atoms with van der Waals surface area (Å²) in [7, 11) is 0. The van der Waals surface area contributed by atoms with Crippen molar-refractivity contribution in [1.29, 1.82) is 0 Å². The summed E-state index contributed by atoms with van der Waals surface area (Å²) in [4.78, 5) is 36.0. The normalized spacial score (nSPS) is 13.5. The fourth-order valence-corrected chi connectivity index (χ4v) is 2.84. The Hall–Kier alpha value is -2.44. The Morgan fingerprint density at radius 3 is 2.23 bits per heavy atom. The molecule has 0 aliphatic carbocycles. The fraction of sp³-hybridized carbons (Fsp3) is 0. The first-order valence-corrected chi connectivity index (χ1v) is 6.78. The van der Waals surface area contributed by atoms with Crippen LogP contribution in [0.3, 0.4) is 0 Å². The van der Waals surface area contributed by atoms with Crippen molar-refractivity contribution in [3.63, 3.8) is 0 Å². The number of halogens is 2. The smallest absolute Gasteiger partial charge is 0.268 e. The van der Waals surface area contributed by atoms with Crippen LogP contribution >= 0.6 is 23.2 Å². The van der Waals surface area contributed by atoms with Crippen molar-refractivity contribution in [2.75, 3.05) is 4.90 Å². The van der Waals surface area contributed by atoms with Crippen molar-refractivity contribution in [1.82, 2.24) is 0 Å². The summed E-state index contributed by atoms with van der Waals surface area (Å²) >= 11 is 11.8. The third kappa shape index (κ3) is 2.13. The van der Waals surface area contributed by atoms with Crippen LogP contribution in [0.25, 0.3) is 0 Å². The van der Waals surface area contributed by atoms with Gasteiger partial charge in [0, 0.05) is 16.1 Å². The van der Waals surface area contributed by atoms with Crippen molar-refractivity contribution in [2.24, 2.45) is 0 Å². The van der Waals surface area contributed by atoms with E-state index in [1.54, 1.807) is 0 Å². The lowest BCUT2D eigenvalue weighted by atomic mass is 10.1. The number of nitro benzene ring substituents is 1. The average molecular weight is 337 g/mol. The van der Waals surface area contributed by atoms with E-state index in [0.29, 0.717) is 0 Å². The number of anilines is 1. The summed E-state index contributed by atoms with van der Waals surface area (Å²) in [6.07, 6.45) is 0. The molecule has 110 valence electrons. The molecule has 0 aromatic heterocycles. The Labute approximate surface area is 134 Å². The lowest BCUT2D eigenvalue weighted by Crippen LogP contribution is -2.29.